The van der Waals surface area contributed by atoms with E-state index in [0.717, 1.165) is 0 Å². The van der Waals surface area contributed by atoms with E-state index in [9.17, 15) is 0 Å². The summed E-state index contributed by atoms with van der Waals surface area (Å²) in [5.41, 5.74) is 0.417. The summed E-state index contributed by atoms with van der Waals surface area (Å²) in [5, 5.41) is 0. The van der Waals surface area contributed by atoms with Gasteiger partial charge in [0.25, 0.3) is 0 Å². The molecule has 0 N–H and O–H groups in total. The van der Waals surface area contributed by atoms with Gasteiger partial charge in [-0.1, -0.05) is 35.6 Å². The van der Waals surface area contributed by atoms with E-state index in [2.05, 4.69) is 34.1 Å². The third-order valence-corrected chi connectivity index (χ3v) is 0.866. The van der Waals surface area contributed by atoms with Crippen molar-refractivity contribution in [2.24, 2.45) is 5.41 Å². The molecule has 0 aliphatic carbocycles. The summed E-state index contributed by atoms with van der Waals surface area (Å²) in [6.45, 7) is 8.65. The summed E-state index contributed by atoms with van der Waals surface area (Å²) in [5.74, 6) is 0. The van der Waals surface area contributed by atoms with Crippen LogP contribution in [0.25, 0.3) is 0 Å². The Labute approximate surface area is 86.7 Å². The van der Waals surface area contributed by atoms with Crippen molar-refractivity contribution >= 4 is 0 Å². The molecule has 0 heterocycles. The number of rotatable bonds is 0. The molecule has 57 valence electrons. The Morgan fingerprint density at radius 3 is 1.11 bits per heavy atom. The fourth-order valence-corrected chi connectivity index (χ4v) is 0. The molecule has 0 nitrogen and oxygen atoms in total. The van der Waals surface area contributed by atoms with Crippen molar-refractivity contribution in [2.45, 2.75) is 42.5 Å². The molecular weight excluding hydrogens is 185 g/mol. The van der Waals surface area contributed by atoms with Gasteiger partial charge >= 0.3 is 0 Å². The van der Waals surface area contributed by atoms with Crippen molar-refractivity contribution in [2.75, 3.05) is 0 Å². The zero-order valence-corrected chi connectivity index (χ0v) is 8.49. The third-order valence-electron chi connectivity index (χ3n) is 0.866. The second-order valence-corrected chi connectivity index (χ2v) is 2.65. The maximum Gasteiger partial charge on any atom is 0 e. The van der Waals surface area contributed by atoms with Gasteiger partial charge in [0.15, 0.2) is 0 Å². The first-order valence-corrected chi connectivity index (χ1v) is 2.37. The molecule has 0 unspecified atom stereocenters. The molecule has 0 amide bonds. The average molecular weight is 206 g/mol. The van der Waals surface area contributed by atoms with Gasteiger partial charge in [0.1, 0.15) is 0 Å². The zero-order valence-electron chi connectivity index (χ0n) is 5.65. The minimum atomic E-state index is 0. The molecule has 9 heavy (non-hydrogen) atoms. The van der Waals surface area contributed by atoms with Gasteiger partial charge in [0, 0.05) is 32.7 Å². The van der Waals surface area contributed by atoms with Crippen LogP contribution in [0.1, 0.15) is 42.5 Å². The summed E-state index contributed by atoms with van der Waals surface area (Å²) in [7, 11) is 0. The Kier molecular flexibility index (Phi) is 22.7. The predicted molar refractivity (Wildman–Crippen MR) is 42.9 cm³/mol. The molecule has 1 heteroatoms. The minimum absolute atomic E-state index is 0. The molecule has 0 spiro atoms. The average Bonchev–Trinajstić information content (AvgIpc) is 1.35. The first-order chi connectivity index (χ1) is 2.56. The molecule has 0 fully saturated rings. The van der Waals surface area contributed by atoms with Gasteiger partial charge < -0.3 is 6.42 Å². The summed E-state index contributed by atoms with van der Waals surface area (Å²) < 4.78 is 0. The molecule has 0 atom stereocenters. The van der Waals surface area contributed by atoms with Gasteiger partial charge in [-0.15, -0.1) is 0 Å². The van der Waals surface area contributed by atoms with Crippen LogP contribution in [0.5, 0.6) is 0 Å². The van der Waals surface area contributed by atoms with E-state index < -0.39 is 0 Å². The van der Waals surface area contributed by atoms with Crippen LogP contribution in [0.3, 0.4) is 0 Å². The normalized spacial score (nSPS) is 8.00. The standard InChI is InChI=1S/C6H13.2CH4.Y/c1-5-6(2,3)4;;;/h5H,1-4H3;2*1H4;/q-1;;;. The largest absolute Gasteiger partial charge is 0.326 e. The van der Waals surface area contributed by atoms with Crippen molar-refractivity contribution in [3.8, 4) is 0 Å². The van der Waals surface area contributed by atoms with E-state index in [1.807, 2.05) is 0 Å². The van der Waals surface area contributed by atoms with Gasteiger partial charge in [-0.3, -0.25) is 0 Å². The van der Waals surface area contributed by atoms with Crippen LogP contribution in [-0.2, 0) is 32.7 Å². The smallest absolute Gasteiger partial charge is 0 e. The molecule has 0 aromatic carbocycles. The third kappa shape index (κ3) is 27.3. The van der Waals surface area contributed by atoms with Crippen molar-refractivity contribution in [1.82, 2.24) is 0 Å². The van der Waals surface area contributed by atoms with E-state index in [1.165, 1.54) is 0 Å². The van der Waals surface area contributed by atoms with Crippen molar-refractivity contribution in [3.05, 3.63) is 6.42 Å². The zero-order chi connectivity index (χ0) is 5.21. The van der Waals surface area contributed by atoms with Gasteiger partial charge in [0.2, 0.25) is 0 Å². The van der Waals surface area contributed by atoms with Crippen molar-refractivity contribution in [3.63, 3.8) is 0 Å². The van der Waals surface area contributed by atoms with Gasteiger partial charge in [0.05, 0.1) is 0 Å². The number of hydrogen-bond donors (Lipinski definition) is 0. The van der Waals surface area contributed by atoms with E-state index >= 15 is 0 Å². The second kappa shape index (κ2) is 9.10. The molecule has 0 aliphatic rings. The first kappa shape index (κ1) is 22.5. The molecule has 0 saturated heterocycles. The Morgan fingerprint density at radius 1 is 1.00 bits per heavy atom. The SMILES string of the molecule is C.C.C[CH-]C(C)(C)C.[Y]. The fourth-order valence-electron chi connectivity index (χ4n) is 0. The van der Waals surface area contributed by atoms with Crippen LogP contribution in [0.15, 0.2) is 0 Å². The summed E-state index contributed by atoms with van der Waals surface area (Å²) >= 11 is 0. The maximum atomic E-state index is 2.19. The Balaban J connectivity index is -0.0000000417. The molecule has 0 saturated carbocycles. The molecule has 0 rings (SSSR count). The molecule has 1 radical (unpaired) electrons. The van der Waals surface area contributed by atoms with Crippen LogP contribution in [-0.4, -0.2) is 0 Å². The second-order valence-electron chi connectivity index (χ2n) is 2.65. The van der Waals surface area contributed by atoms with Gasteiger partial charge in [-0.2, -0.15) is 12.3 Å². The van der Waals surface area contributed by atoms with E-state index in [4.69, 9.17) is 0 Å². The van der Waals surface area contributed by atoms with Crippen LogP contribution in [0.4, 0.5) is 0 Å². The predicted octanol–water partition coefficient (Wildman–Crippen LogP) is 3.53. The van der Waals surface area contributed by atoms with Gasteiger partial charge in [-0.05, 0) is 0 Å². The van der Waals surface area contributed by atoms with Gasteiger partial charge in [-0.25, -0.2) is 0 Å². The maximum absolute atomic E-state index is 2.19. The van der Waals surface area contributed by atoms with E-state index in [1.54, 1.807) is 0 Å². The molecule has 0 bridgehead atoms. The molecule has 0 aromatic rings. The van der Waals surface area contributed by atoms with Crippen LogP contribution >= 0.6 is 0 Å². The topological polar surface area (TPSA) is 0 Å². The van der Waals surface area contributed by atoms with Crippen molar-refractivity contribution < 1.29 is 32.7 Å². The summed E-state index contributed by atoms with van der Waals surface area (Å²) in [6, 6.07) is 0. The van der Waals surface area contributed by atoms with E-state index in [-0.39, 0.29) is 47.6 Å². The Bertz CT molecular complexity index is 34.3. The molecule has 0 aliphatic heterocycles. The fraction of sp³-hybridized carbons (Fsp3) is 0.875. The minimum Gasteiger partial charge on any atom is -0.326 e. The quantitative estimate of drug-likeness (QED) is 0.532. The van der Waals surface area contributed by atoms with Crippen molar-refractivity contribution in [1.29, 1.82) is 0 Å². The van der Waals surface area contributed by atoms with Crippen LogP contribution in [0.2, 0.25) is 0 Å². The Morgan fingerprint density at radius 2 is 1.11 bits per heavy atom. The molecule has 0 aromatic heterocycles. The van der Waals surface area contributed by atoms with Crippen LogP contribution in [0, 0.1) is 11.8 Å². The van der Waals surface area contributed by atoms with Crippen LogP contribution < -0.4 is 0 Å². The monoisotopic (exact) mass is 206 g/mol. The molecular formula is C8H21Y-. The first-order valence-electron chi connectivity index (χ1n) is 2.37. The Hall–Kier alpha value is 1.10. The van der Waals surface area contributed by atoms with E-state index in [0.29, 0.717) is 5.41 Å². The summed E-state index contributed by atoms with van der Waals surface area (Å²) in [4.78, 5) is 0. The number of hydrogen-bond acceptors (Lipinski definition) is 0. The summed E-state index contributed by atoms with van der Waals surface area (Å²) in [6.07, 6.45) is 2.19.